The summed E-state index contributed by atoms with van der Waals surface area (Å²) in [6, 6.07) is 20.0. The molecule has 0 aliphatic carbocycles. The number of para-hydroxylation sites is 1. The van der Waals surface area contributed by atoms with Crippen molar-refractivity contribution in [3.05, 3.63) is 65.7 Å². The van der Waals surface area contributed by atoms with Gasteiger partial charge in [0.1, 0.15) is 5.69 Å². The van der Waals surface area contributed by atoms with Crippen LogP contribution in [-0.4, -0.2) is 41.9 Å². The van der Waals surface area contributed by atoms with Crippen LogP contribution in [0.1, 0.15) is 11.1 Å². The highest BCUT2D eigenvalue weighted by molar-refractivity contribution is 6.05. The smallest absolute Gasteiger partial charge is 0.158 e. The number of anilines is 2. The fraction of sp³-hybridized carbons (Fsp3) is 0.304. The summed E-state index contributed by atoms with van der Waals surface area (Å²) in [5, 5.41) is 2.74. The molecule has 3 nitrogen and oxygen atoms in total. The van der Waals surface area contributed by atoms with Crippen LogP contribution in [0.2, 0.25) is 0 Å². The van der Waals surface area contributed by atoms with Crippen LogP contribution in [0.4, 0.5) is 17.1 Å². The standard InChI is InChI=1S/C23H28N3.ClH/c1-24(2)20-11-7-6-9-18(20)15-19-14-13-17-10-8-12-21-22(17)23(19)25(3)16-26(21,4)5;/h6-14H,15-16H2,1-5H3;1H/q+1;/p-1. The van der Waals surface area contributed by atoms with Gasteiger partial charge in [-0.15, -0.1) is 0 Å². The number of hydrogen-bond acceptors (Lipinski definition) is 2. The minimum absolute atomic E-state index is 0. The van der Waals surface area contributed by atoms with Crippen molar-refractivity contribution in [1.82, 2.24) is 4.48 Å². The average Bonchev–Trinajstić information content (AvgIpc) is 2.60. The summed E-state index contributed by atoms with van der Waals surface area (Å²) in [5.41, 5.74) is 6.88. The Bertz CT molecular complexity index is 979. The second-order valence-corrected chi connectivity index (χ2v) is 8.17. The topological polar surface area (TPSA) is 6.48 Å². The molecule has 0 radical (unpaired) electrons. The van der Waals surface area contributed by atoms with Gasteiger partial charge in [0.2, 0.25) is 0 Å². The molecule has 3 aromatic rings. The summed E-state index contributed by atoms with van der Waals surface area (Å²) in [6.07, 6.45) is 0.950. The number of benzene rings is 3. The van der Waals surface area contributed by atoms with Crippen molar-refractivity contribution >= 4 is 27.8 Å². The molecule has 0 amide bonds. The second kappa shape index (κ2) is 7.06. The average molecular weight is 382 g/mol. The molecule has 3 aromatic carbocycles. The Labute approximate surface area is 168 Å². The van der Waals surface area contributed by atoms with Gasteiger partial charge in [0, 0.05) is 33.3 Å². The van der Waals surface area contributed by atoms with E-state index in [2.05, 4.69) is 99.6 Å². The Balaban J connectivity index is 0.00000210. The van der Waals surface area contributed by atoms with Crippen LogP contribution in [0.15, 0.2) is 54.6 Å². The summed E-state index contributed by atoms with van der Waals surface area (Å²) in [6.45, 7) is 0.985. The van der Waals surface area contributed by atoms with E-state index in [0.717, 1.165) is 17.6 Å². The number of quaternary nitrogens is 1. The van der Waals surface area contributed by atoms with Crippen LogP contribution in [-0.2, 0) is 6.42 Å². The second-order valence-electron chi connectivity index (χ2n) is 8.17. The first-order chi connectivity index (χ1) is 12.4. The van der Waals surface area contributed by atoms with Gasteiger partial charge in [-0.2, -0.15) is 0 Å². The Morgan fingerprint density at radius 3 is 2.41 bits per heavy atom. The zero-order valence-electron chi connectivity index (χ0n) is 16.8. The van der Waals surface area contributed by atoms with Crippen molar-refractivity contribution in [3.8, 4) is 0 Å². The largest absolute Gasteiger partial charge is 1.00 e. The highest BCUT2D eigenvalue weighted by Gasteiger charge is 2.32. The highest BCUT2D eigenvalue weighted by Crippen LogP contribution is 2.43. The Morgan fingerprint density at radius 2 is 1.67 bits per heavy atom. The van der Waals surface area contributed by atoms with Gasteiger partial charge in [0.15, 0.2) is 6.67 Å². The third-order valence-corrected chi connectivity index (χ3v) is 5.53. The summed E-state index contributed by atoms with van der Waals surface area (Å²) in [4.78, 5) is 4.64. The van der Waals surface area contributed by atoms with E-state index in [1.807, 2.05) is 0 Å². The molecule has 0 N–H and O–H groups in total. The van der Waals surface area contributed by atoms with Gasteiger partial charge >= 0.3 is 0 Å². The first-order valence-corrected chi connectivity index (χ1v) is 9.23. The van der Waals surface area contributed by atoms with Crippen molar-refractivity contribution in [2.45, 2.75) is 6.42 Å². The molecular weight excluding hydrogens is 354 g/mol. The highest BCUT2D eigenvalue weighted by atomic mass is 35.5. The molecule has 0 bridgehead atoms. The van der Waals surface area contributed by atoms with E-state index in [1.54, 1.807) is 0 Å². The van der Waals surface area contributed by atoms with E-state index < -0.39 is 0 Å². The predicted octanol–water partition coefficient (Wildman–Crippen LogP) is 1.47. The van der Waals surface area contributed by atoms with Crippen LogP contribution in [0.3, 0.4) is 0 Å². The lowest BCUT2D eigenvalue weighted by Gasteiger charge is -2.40. The lowest BCUT2D eigenvalue weighted by Crippen LogP contribution is -3.00. The molecular formula is C23H28ClN3. The molecule has 1 heterocycles. The lowest BCUT2D eigenvalue weighted by molar-refractivity contribution is -0.00000547. The van der Waals surface area contributed by atoms with Crippen LogP contribution >= 0.6 is 0 Å². The van der Waals surface area contributed by atoms with Crippen molar-refractivity contribution < 1.29 is 12.4 Å². The molecule has 0 saturated carbocycles. The number of hydrogen-bond donors (Lipinski definition) is 0. The molecule has 4 rings (SSSR count). The third kappa shape index (κ3) is 3.26. The third-order valence-electron chi connectivity index (χ3n) is 5.53. The molecule has 27 heavy (non-hydrogen) atoms. The van der Waals surface area contributed by atoms with Crippen LogP contribution in [0.5, 0.6) is 0 Å². The van der Waals surface area contributed by atoms with Gasteiger partial charge in [-0.25, -0.2) is 0 Å². The lowest BCUT2D eigenvalue weighted by atomic mass is 9.94. The fourth-order valence-electron chi connectivity index (χ4n) is 4.45. The molecule has 0 spiro atoms. The zero-order valence-corrected chi connectivity index (χ0v) is 17.6. The van der Waals surface area contributed by atoms with E-state index in [9.17, 15) is 0 Å². The molecule has 0 atom stereocenters. The van der Waals surface area contributed by atoms with Crippen molar-refractivity contribution in [2.75, 3.05) is 51.7 Å². The molecule has 0 unspecified atom stereocenters. The van der Waals surface area contributed by atoms with E-state index in [-0.39, 0.29) is 12.4 Å². The van der Waals surface area contributed by atoms with E-state index in [1.165, 1.54) is 39.0 Å². The Morgan fingerprint density at radius 1 is 0.926 bits per heavy atom. The first kappa shape index (κ1) is 19.5. The summed E-state index contributed by atoms with van der Waals surface area (Å²) < 4.78 is 0.887. The van der Waals surface area contributed by atoms with Gasteiger partial charge in [-0.05, 0) is 28.6 Å². The van der Waals surface area contributed by atoms with Crippen molar-refractivity contribution in [2.24, 2.45) is 0 Å². The summed E-state index contributed by atoms with van der Waals surface area (Å²) >= 11 is 0. The van der Waals surface area contributed by atoms with Crippen LogP contribution < -0.4 is 26.7 Å². The van der Waals surface area contributed by atoms with Gasteiger partial charge in [0.25, 0.3) is 0 Å². The van der Waals surface area contributed by atoms with E-state index >= 15 is 0 Å². The number of nitrogens with zero attached hydrogens (tertiary/aromatic N) is 3. The molecule has 4 heteroatoms. The van der Waals surface area contributed by atoms with Gasteiger partial charge < -0.3 is 22.2 Å². The van der Waals surface area contributed by atoms with Gasteiger partial charge in [-0.1, -0.05) is 42.5 Å². The fourth-order valence-corrected chi connectivity index (χ4v) is 4.45. The number of halogens is 1. The molecule has 1 aliphatic heterocycles. The van der Waals surface area contributed by atoms with Crippen LogP contribution in [0.25, 0.3) is 10.8 Å². The van der Waals surface area contributed by atoms with Gasteiger partial charge in [-0.3, -0.25) is 4.48 Å². The maximum absolute atomic E-state index is 2.43. The van der Waals surface area contributed by atoms with Crippen molar-refractivity contribution in [1.29, 1.82) is 0 Å². The monoisotopic (exact) mass is 381 g/mol. The minimum atomic E-state index is 0. The van der Waals surface area contributed by atoms with E-state index in [4.69, 9.17) is 0 Å². The SMILES string of the molecule is CN(C)c1ccccc1Cc1ccc2cccc3c2c1N(C)C[N+]3(C)C.[Cl-]. The summed E-state index contributed by atoms with van der Waals surface area (Å²) in [7, 11) is 11.1. The molecule has 0 aromatic heterocycles. The Hall–Kier alpha value is -2.23. The van der Waals surface area contributed by atoms with Crippen molar-refractivity contribution in [3.63, 3.8) is 0 Å². The van der Waals surface area contributed by atoms with E-state index in [0.29, 0.717) is 0 Å². The number of rotatable bonds is 3. The maximum Gasteiger partial charge on any atom is 0.158 e. The predicted molar refractivity (Wildman–Crippen MR) is 114 cm³/mol. The molecule has 142 valence electrons. The molecule has 0 saturated heterocycles. The maximum atomic E-state index is 2.43. The first-order valence-electron chi connectivity index (χ1n) is 9.23. The quantitative estimate of drug-likeness (QED) is 0.634. The van der Waals surface area contributed by atoms with Gasteiger partial charge in [0.05, 0.1) is 25.2 Å². The minimum Gasteiger partial charge on any atom is -1.00 e. The molecule has 0 fully saturated rings. The normalized spacial score (nSPS) is 14.8. The molecule has 1 aliphatic rings. The Kier molecular flexibility index (Phi) is 5.11. The van der Waals surface area contributed by atoms with Crippen LogP contribution in [0, 0.1) is 0 Å². The zero-order chi connectivity index (χ0) is 18.5. The summed E-state index contributed by atoms with van der Waals surface area (Å²) in [5.74, 6) is 0.